The molecule has 1 nitrogen and oxygen atoms in total. The number of hydrogen-bond acceptors (Lipinski definition) is 1. The van der Waals surface area contributed by atoms with Crippen LogP contribution in [0.3, 0.4) is 0 Å². The zero-order chi connectivity index (χ0) is 14.8. The highest BCUT2D eigenvalue weighted by Crippen LogP contribution is 2.24. The topological polar surface area (TPSA) is 12.0 Å². The first-order chi connectivity index (χ1) is 9.67. The van der Waals surface area contributed by atoms with Gasteiger partial charge in [0.25, 0.3) is 0 Å². The third-order valence-electron chi connectivity index (χ3n) is 3.33. The lowest BCUT2D eigenvalue weighted by Gasteiger charge is -2.19. The van der Waals surface area contributed by atoms with Gasteiger partial charge in [-0.2, -0.15) is 0 Å². The molecule has 1 atom stereocenters. The average Bonchev–Trinajstić information content (AvgIpc) is 2.40. The predicted octanol–water partition coefficient (Wildman–Crippen LogP) is 5.77. The Bertz CT molecular complexity index is 386. The van der Waals surface area contributed by atoms with Gasteiger partial charge >= 0.3 is 0 Å². The summed E-state index contributed by atoms with van der Waals surface area (Å²) < 4.78 is 14.3. The van der Waals surface area contributed by atoms with Gasteiger partial charge in [0.1, 0.15) is 5.82 Å². The average molecular weight is 342 g/mol. The van der Waals surface area contributed by atoms with Crippen molar-refractivity contribution < 1.29 is 4.39 Å². The SMILES string of the molecule is C=CCCCCCC(NCCC)c1cc(F)cc(Br)c1. The van der Waals surface area contributed by atoms with Gasteiger partial charge in [-0.3, -0.25) is 0 Å². The Morgan fingerprint density at radius 2 is 2.10 bits per heavy atom. The lowest BCUT2D eigenvalue weighted by Crippen LogP contribution is -2.22. The molecule has 3 heteroatoms. The maximum Gasteiger partial charge on any atom is 0.124 e. The summed E-state index contributed by atoms with van der Waals surface area (Å²) >= 11 is 3.37. The third kappa shape index (κ3) is 6.67. The molecule has 0 amide bonds. The smallest absolute Gasteiger partial charge is 0.124 e. The van der Waals surface area contributed by atoms with Gasteiger partial charge in [-0.15, -0.1) is 6.58 Å². The predicted molar refractivity (Wildman–Crippen MR) is 88.4 cm³/mol. The van der Waals surface area contributed by atoms with Gasteiger partial charge in [-0.25, -0.2) is 4.39 Å². The molecule has 0 aromatic heterocycles. The van der Waals surface area contributed by atoms with Gasteiger partial charge in [0.15, 0.2) is 0 Å². The maximum atomic E-state index is 13.5. The van der Waals surface area contributed by atoms with Crippen LogP contribution in [-0.4, -0.2) is 6.54 Å². The normalized spacial score (nSPS) is 12.3. The summed E-state index contributed by atoms with van der Waals surface area (Å²) in [4.78, 5) is 0. The Morgan fingerprint density at radius 1 is 1.30 bits per heavy atom. The van der Waals surface area contributed by atoms with Crippen molar-refractivity contribution in [3.63, 3.8) is 0 Å². The van der Waals surface area contributed by atoms with E-state index in [1.165, 1.54) is 18.9 Å². The zero-order valence-electron chi connectivity index (χ0n) is 12.3. The van der Waals surface area contributed by atoms with Crippen molar-refractivity contribution in [1.29, 1.82) is 0 Å². The Labute approximate surface area is 130 Å². The van der Waals surface area contributed by atoms with Crippen LogP contribution in [-0.2, 0) is 0 Å². The summed E-state index contributed by atoms with van der Waals surface area (Å²) in [6, 6.07) is 5.40. The van der Waals surface area contributed by atoms with E-state index in [0.717, 1.165) is 42.3 Å². The molecule has 0 radical (unpaired) electrons. The van der Waals surface area contributed by atoms with Crippen LogP contribution < -0.4 is 5.32 Å². The van der Waals surface area contributed by atoms with E-state index in [1.807, 2.05) is 12.1 Å². The van der Waals surface area contributed by atoms with E-state index in [1.54, 1.807) is 6.07 Å². The van der Waals surface area contributed by atoms with Crippen molar-refractivity contribution in [3.8, 4) is 0 Å². The van der Waals surface area contributed by atoms with Crippen LogP contribution >= 0.6 is 15.9 Å². The number of hydrogen-bond donors (Lipinski definition) is 1. The Kier molecular flexibility index (Phi) is 8.79. The van der Waals surface area contributed by atoms with E-state index in [9.17, 15) is 4.39 Å². The molecule has 1 aromatic rings. The highest BCUT2D eigenvalue weighted by molar-refractivity contribution is 9.10. The lowest BCUT2D eigenvalue weighted by molar-refractivity contribution is 0.469. The van der Waals surface area contributed by atoms with E-state index in [2.05, 4.69) is 34.7 Å². The molecule has 0 saturated heterocycles. The molecule has 0 heterocycles. The maximum absolute atomic E-state index is 13.5. The molecule has 0 aliphatic rings. The molecule has 1 unspecified atom stereocenters. The van der Waals surface area contributed by atoms with E-state index < -0.39 is 0 Å². The fourth-order valence-corrected chi connectivity index (χ4v) is 2.78. The van der Waals surface area contributed by atoms with Crippen molar-refractivity contribution in [2.24, 2.45) is 0 Å². The fourth-order valence-electron chi connectivity index (χ4n) is 2.30. The standard InChI is InChI=1S/C17H25BrFN/c1-3-5-6-7-8-9-17(20-10-4-2)14-11-15(18)13-16(19)12-14/h3,11-13,17,20H,1,4-10H2,2H3. The zero-order valence-corrected chi connectivity index (χ0v) is 13.9. The van der Waals surface area contributed by atoms with Gasteiger partial charge in [0, 0.05) is 10.5 Å². The van der Waals surface area contributed by atoms with Crippen LogP contribution in [0, 0.1) is 5.82 Å². The van der Waals surface area contributed by atoms with Crippen molar-refractivity contribution in [2.75, 3.05) is 6.54 Å². The van der Waals surface area contributed by atoms with Crippen LogP contribution in [0.4, 0.5) is 4.39 Å². The summed E-state index contributed by atoms with van der Waals surface area (Å²) in [5, 5.41) is 3.52. The number of halogens is 2. The fraction of sp³-hybridized carbons (Fsp3) is 0.529. The van der Waals surface area contributed by atoms with E-state index >= 15 is 0 Å². The minimum absolute atomic E-state index is 0.177. The van der Waals surface area contributed by atoms with Crippen LogP contribution in [0.1, 0.15) is 57.1 Å². The minimum atomic E-state index is -0.177. The Hall–Kier alpha value is -0.670. The van der Waals surface area contributed by atoms with E-state index in [0.29, 0.717) is 0 Å². The lowest BCUT2D eigenvalue weighted by atomic mass is 9.99. The molecule has 112 valence electrons. The second-order valence-corrected chi connectivity index (χ2v) is 6.05. The minimum Gasteiger partial charge on any atom is -0.310 e. The summed E-state index contributed by atoms with van der Waals surface area (Å²) in [5.41, 5.74) is 1.04. The molecule has 0 fully saturated rings. The second kappa shape index (κ2) is 10.1. The molecular weight excluding hydrogens is 317 g/mol. The quantitative estimate of drug-likeness (QED) is 0.421. The van der Waals surface area contributed by atoms with Gasteiger partial charge < -0.3 is 5.32 Å². The summed E-state index contributed by atoms with van der Waals surface area (Å²) in [6.45, 7) is 6.85. The van der Waals surface area contributed by atoms with Gasteiger partial charge in [0.05, 0.1) is 0 Å². The summed E-state index contributed by atoms with van der Waals surface area (Å²) in [6.07, 6.45) is 8.73. The molecule has 1 aromatic carbocycles. The number of nitrogens with one attached hydrogen (secondary N) is 1. The molecule has 0 aliphatic carbocycles. The number of rotatable bonds is 10. The van der Waals surface area contributed by atoms with Crippen LogP contribution in [0.25, 0.3) is 0 Å². The molecule has 20 heavy (non-hydrogen) atoms. The number of unbranched alkanes of at least 4 members (excludes halogenated alkanes) is 3. The first-order valence-corrected chi connectivity index (χ1v) is 8.27. The van der Waals surface area contributed by atoms with Crippen molar-refractivity contribution in [1.82, 2.24) is 5.32 Å². The second-order valence-electron chi connectivity index (χ2n) is 5.14. The van der Waals surface area contributed by atoms with E-state index in [4.69, 9.17) is 0 Å². The first-order valence-electron chi connectivity index (χ1n) is 7.47. The number of benzene rings is 1. The van der Waals surface area contributed by atoms with Crippen molar-refractivity contribution in [2.45, 2.75) is 51.5 Å². The van der Waals surface area contributed by atoms with Gasteiger partial charge in [0.2, 0.25) is 0 Å². The Morgan fingerprint density at radius 3 is 2.75 bits per heavy atom. The van der Waals surface area contributed by atoms with Crippen LogP contribution in [0.5, 0.6) is 0 Å². The van der Waals surface area contributed by atoms with Gasteiger partial charge in [-0.1, -0.05) is 41.8 Å². The molecule has 1 N–H and O–H groups in total. The highest BCUT2D eigenvalue weighted by atomic mass is 79.9. The highest BCUT2D eigenvalue weighted by Gasteiger charge is 2.12. The molecule has 0 saturated carbocycles. The largest absolute Gasteiger partial charge is 0.310 e. The van der Waals surface area contributed by atoms with E-state index in [-0.39, 0.29) is 11.9 Å². The third-order valence-corrected chi connectivity index (χ3v) is 3.79. The summed E-state index contributed by atoms with van der Waals surface area (Å²) in [7, 11) is 0. The van der Waals surface area contributed by atoms with Crippen molar-refractivity contribution >= 4 is 15.9 Å². The first kappa shape index (κ1) is 17.4. The molecule has 0 spiro atoms. The molecule has 1 rings (SSSR count). The molecule has 0 aliphatic heterocycles. The monoisotopic (exact) mass is 341 g/mol. The summed E-state index contributed by atoms with van der Waals surface area (Å²) in [5.74, 6) is -0.177. The van der Waals surface area contributed by atoms with Crippen LogP contribution in [0.15, 0.2) is 35.3 Å². The van der Waals surface area contributed by atoms with Crippen LogP contribution in [0.2, 0.25) is 0 Å². The van der Waals surface area contributed by atoms with Crippen molar-refractivity contribution in [3.05, 3.63) is 46.7 Å². The van der Waals surface area contributed by atoms with Gasteiger partial charge in [-0.05, 0) is 56.0 Å². The Balaban J connectivity index is 2.60. The molecule has 0 bridgehead atoms. The molecular formula is C17H25BrFN. The number of allylic oxidation sites excluding steroid dienone is 1.